The topological polar surface area (TPSA) is 29.3 Å². The van der Waals surface area contributed by atoms with Crippen molar-refractivity contribution in [1.29, 1.82) is 0 Å². The van der Waals surface area contributed by atoms with E-state index in [-0.39, 0.29) is 11.7 Å². The molecule has 2 aliphatic rings. The zero-order valence-corrected chi connectivity index (χ0v) is 27.9. The third kappa shape index (κ3) is 3.61. The largest absolute Gasteiger partial charge is 0.346 e. The first kappa shape index (κ1) is 27.7. The van der Waals surface area contributed by atoms with Crippen molar-refractivity contribution in [3.63, 3.8) is 0 Å². The van der Waals surface area contributed by atoms with Crippen LogP contribution < -0.4 is 5.32 Å². The number of aromatic nitrogens is 1. The molecule has 0 spiro atoms. The maximum Gasteiger partial charge on any atom is 0.201 e. The van der Waals surface area contributed by atoms with Crippen LogP contribution >= 0.6 is 0 Å². The van der Waals surface area contributed by atoms with Crippen molar-refractivity contribution in [3.05, 3.63) is 174 Å². The SMILES string of the molecule is CC1(C)c2ccccc2-c2c1cc(C1=NC(n3c4ccc5ccccc5c4c4c5ccccc5ccc43)Nc3ccccc31)c1ccccc21. The van der Waals surface area contributed by atoms with Crippen LogP contribution in [0.4, 0.5) is 5.69 Å². The minimum Gasteiger partial charge on any atom is -0.346 e. The number of aliphatic imine (C=N–C) groups is 1. The Labute approximate surface area is 290 Å². The van der Waals surface area contributed by atoms with Gasteiger partial charge in [0.25, 0.3) is 0 Å². The monoisotopic (exact) mass is 639 g/mol. The first-order chi connectivity index (χ1) is 24.6. The fourth-order valence-electron chi connectivity index (χ4n) is 9.10. The van der Waals surface area contributed by atoms with Crippen LogP contribution in [0.15, 0.2) is 157 Å². The summed E-state index contributed by atoms with van der Waals surface area (Å²) in [5.41, 5.74) is 12.1. The molecule has 9 aromatic rings. The van der Waals surface area contributed by atoms with Gasteiger partial charge in [-0.2, -0.15) is 0 Å². The molecular formula is C47H33N3. The van der Waals surface area contributed by atoms with Gasteiger partial charge in [0.2, 0.25) is 6.29 Å². The summed E-state index contributed by atoms with van der Waals surface area (Å²) < 4.78 is 2.43. The van der Waals surface area contributed by atoms with Gasteiger partial charge in [-0.1, -0.05) is 141 Å². The van der Waals surface area contributed by atoms with E-state index < -0.39 is 0 Å². The fraction of sp³-hybridized carbons (Fsp3) is 0.0851. The summed E-state index contributed by atoms with van der Waals surface area (Å²) in [5.74, 6) is 0. The Morgan fingerprint density at radius 2 is 1.08 bits per heavy atom. The highest BCUT2D eigenvalue weighted by molar-refractivity contribution is 6.28. The number of rotatable bonds is 2. The van der Waals surface area contributed by atoms with Gasteiger partial charge in [0.15, 0.2) is 0 Å². The molecule has 1 N–H and O–H groups in total. The molecule has 0 saturated heterocycles. The van der Waals surface area contributed by atoms with Crippen LogP contribution in [0.25, 0.3) is 65.3 Å². The van der Waals surface area contributed by atoms with Crippen molar-refractivity contribution >= 4 is 65.5 Å². The molecule has 11 rings (SSSR count). The van der Waals surface area contributed by atoms with Gasteiger partial charge in [-0.15, -0.1) is 0 Å². The van der Waals surface area contributed by atoms with E-state index in [0.29, 0.717) is 0 Å². The van der Waals surface area contributed by atoms with E-state index in [4.69, 9.17) is 4.99 Å². The summed E-state index contributed by atoms with van der Waals surface area (Å²) >= 11 is 0. The Hall–Kier alpha value is -6.19. The van der Waals surface area contributed by atoms with Gasteiger partial charge in [-0.05, 0) is 78.8 Å². The number of nitrogens with one attached hydrogen (secondary N) is 1. The quantitative estimate of drug-likeness (QED) is 0.200. The fourth-order valence-corrected chi connectivity index (χ4v) is 9.10. The van der Waals surface area contributed by atoms with Crippen LogP contribution in [-0.4, -0.2) is 10.3 Å². The summed E-state index contributed by atoms with van der Waals surface area (Å²) in [5, 5.41) is 13.9. The molecule has 1 aliphatic heterocycles. The minimum atomic E-state index is -0.362. The molecule has 3 heteroatoms. The second-order valence-electron chi connectivity index (χ2n) is 14.3. The van der Waals surface area contributed by atoms with Gasteiger partial charge in [-0.3, -0.25) is 0 Å². The van der Waals surface area contributed by atoms with Crippen molar-refractivity contribution in [1.82, 2.24) is 4.57 Å². The molecule has 0 fully saturated rings. The summed E-state index contributed by atoms with van der Waals surface area (Å²) in [7, 11) is 0. The zero-order chi connectivity index (χ0) is 33.1. The molecule has 3 nitrogen and oxygen atoms in total. The van der Waals surface area contributed by atoms with Gasteiger partial charge >= 0.3 is 0 Å². The molecule has 0 saturated carbocycles. The second-order valence-corrected chi connectivity index (χ2v) is 14.3. The van der Waals surface area contributed by atoms with Gasteiger partial charge in [-0.25, -0.2) is 4.99 Å². The molecule has 1 aromatic heterocycles. The van der Waals surface area contributed by atoms with Crippen molar-refractivity contribution in [2.45, 2.75) is 25.6 Å². The lowest BCUT2D eigenvalue weighted by molar-refractivity contribution is 0.625. The Balaban J connectivity index is 1.23. The average Bonchev–Trinajstić information content (AvgIpc) is 3.63. The molecule has 0 amide bonds. The van der Waals surface area contributed by atoms with E-state index in [2.05, 4.69) is 175 Å². The zero-order valence-electron chi connectivity index (χ0n) is 27.9. The molecule has 8 aromatic carbocycles. The van der Waals surface area contributed by atoms with Crippen LogP contribution in [0.1, 0.15) is 42.4 Å². The van der Waals surface area contributed by atoms with Crippen LogP contribution in [0.3, 0.4) is 0 Å². The third-order valence-electron chi connectivity index (χ3n) is 11.4. The van der Waals surface area contributed by atoms with E-state index in [1.165, 1.54) is 81.9 Å². The lowest BCUT2D eigenvalue weighted by Gasteiger charge is -2.29. The molecule has 2 heterocycles. The number of hydrogen-bond donors (Lipinski definition) is 1. The normalized spacial score (nSPS) is 16.0. The number of anilines is 1. The number of para-hydroxylation sites is 1. The maximum absolute atomic E-state index is 5.74. The molecule has 50 heavy (non-hydrogen) atoms. The Bertz CT molecular complexity index is 2850. The van der Waals surface area contributed by atoms with Crippen molar-refractivity contribution in [2.75, 3.05) is 5.32 Å². The summed E-state index contributed by atoms with van der Waals surface area (Å²) in [6.45, 7) is 4.73. The minimum absolute atomic E-state index is 0.133. The highest BCUT2D eigenvalue weighted by Gasteiger charge is 2.38. The second kappa shape index (κ2) is 9.93. The van der Waals surface area contributed by atoms with Crippen molar-refractivity contribution < 1.29 is 0 Å². The number of benzene rings is 8. The van der Waals surface area contributed by atoms with Crippen molar-refractivity contribution in [3.8, 4) is 11.1 Å². The van der Waals surface area contributed by atoms with Crippen LogP contribution in [0.5, 0.6) is 0 Å². The van der Waals surface area contributed by atoms with Crippen LogP contribution in [0.2, 0.25) is 0 Å². The number of hydrogen-bond acceptors (Lipinski definition) is 2. The lowest BCUT2D eigenvalue weighted by atomic mass is 9.80. The Morgan fingerprint density at radius 3 is 1.78 bits per heavy atom. The number of nitrogens with zero attached hydrogens (tertiary/aromatic N) is 2. The van der Waals surface area contributed by atoms with Gasteiger partial charge in [0.1, 0.15) is 0 Å². The molecule has 1 unspecified atom stereocenters. The van der Waals surface area contributed by atoms with Gasteiger partial charge < -0.3 is 9.88 Å². The lowest BCUT2D eigenvalue weighted by Crippen LogP contribution is -2.25. The van der Waals surface area contributed by atoms with E-state index in [0.717, 1.165) is 17.0 Å². The summed E-state index contributed by atoms with van der Waals surface area (Å²) in [6.07, 6.45) is -0.362. The van der Waals surface area contributed by atoms with Gasteiger partial charge in [0.05, 0.1) is 16.7 Å². The molecular weight excluding hydrogens is 607 g/mol. The third-order valence-corrected chi connectivity index (χ3v) is 11.4. The maximum atomic E-state index is 5.74. The van der Waals surface area contributed by atoms with Crippen molar-refractivity contribution in [2.24, 2.45) is 4.99 Å². The Morgan fingerprint density at radius 1 is 0.520 bits per heavy atom. The molecule has 1 aliphatic carbocycles. The first-order valence-corrected chi connectivity index (χ1v) is 17.5. The highest BCUT2D eigenvalue weighted by atomic mass is 15.3. The summed E-state index contributed by atoms with van der Waals surface area (Å²) in [6, 6.07) is 55.6. The molecule has 0 radical (unpaired) electrons. The van der Waals surface area contributed by atoms with E-state index >= 15 is 0 Å². The molecule has 0 bridgehead atoms. The predicted octanol–water partition coefficient (Wildman–Crippen LogP) is 12.0. The standard InChI is InChI=1S/C47H33N3/c1-47(2)37-21-11-9-19-34(37)42-33-18-8-7-17-32(33)36(27-38(42)47)45-35-20-10-12-22-39(35)48-46(49-45)50-40-25-23-28-13-3-5-15-30(28)43(40)44-31-16-6-4-14-29(31)24-26-41(44)50/h3-27,46,48H,1-2H3. The molecule has 1 atom stereocenters. The van der Waals surface area contributed by atoms with Gasteiger partial charge in [0, 0.05) is 33.0 Å². The predicted molar refractivity (Wildman–Crippen MR) is 211 cm³/mol. The highest BCUT2D eigenvalue weighted by Crippen LogP contribution is 2.52. The molecule has 236 valence electrons. The number of fused-ring (bicyclic) bond motifs is 13. The summed E-state index contributed by atoms with van der Waals surface area (Å²) in [4.78, 5) is 5.74. The average molecular weight is 640 g/mol. The van der Waals surface area contributed by atoms with E-state index in [1.807, 2.05) is 0 Å². The smallest absolute Gasteiger partial charge is 0.201 e. The van der Waals surface area contributed by atoms with Crippen LogP contribution in [-0.2, 0) is 5.41 Å². The van der Waals surface area contributed by atoms with Crippen LogP contribution in [0, 0.1) is 0 Å². The Kier molecular flexibility index (Phi) is 5.51. The first-order valence-electron chi connectivity index (χ1n) is 17.5. The van der Waals surface area contributed by atoms with E-state index in [9.17, 15) is 0 Å². The van der Waals surface area contributed by atoms with E-state index in [1.54, 1.807) is 0 Å².